The molecule has 0 fully saturated rings. The van der Waals surface area contributed by atoms with E-state index >= 15 is 0 Å². The number of carbonyl (C=O) groups is 1. The van der Waals surface area contributed by atoms with E-state index in [0.29, 0.717) is 0 Å². The summed E-state index contributed by atoms with van der Waals surface area (Å²) < 4.78 is 26.3. The number of hydrogen-bond donors (Lipinski definition) is 0. The van der Waals surface area contributed by atoms with Gasteiger partial charge in [-0.3, -0.25) is 0 Å². The summed E-state index contributed by atoms with van der Waals surface area (Å²) in [6.07, 6.45) is 0. The van der Waals surface area contributed by atoms with E-state index < -0.39 is 17.6 Å². The van der Waals surface area contributed by atoms with Crippen LogP contribution in [0.4, 0.5) is 8.78 Å². The molecule has 3 nitrogen and oxygen atoms in total. The molecule has 1 aromatic rings. The first-order chi connectivity index (χ1) is 7.02. The van der Waals surface area contributed by atoms with Crippen molar-refractivity contribution in [3.8, 4) is 0 Å². The van der Waals surface area contributed by atoms with Crippen molar-refractivity contribution in [3.05, 3.63) is 35.4 Å². The molecule has 0 saturated heterocycles. The Morgan fingerprint density at radius 2 is 1.80 bits per heavy atom. The van der Waals surface area contributed by atoms with Gasteiger partial charge < -0.3 is 4.84 Å². The van der Waals surface area contributed by atoms with Crippen molar-refractivity contribution in [2.45, 2.75) is 13.8 Å². The van der Waals surface area contributed by atoms with Crippen LogP contribution in [0, 0.1) is 11.6 Å². The summed E-state index contributed by atoms with van der Waals surface area (Å²) in [5.41, 5.74) is -0.320. The number of rotatable bonds is 2. The number of carbonyl (C=O) groups excluding carboxylic acids is 1. The summed E-state index contributed by atoms with van der Waals surface area (Å²) >= 11 is 0. The van der Waals surface area contributed by atoms with Gasteiger partial charge in [0.15, 0.2) is 0 Å². The Morgan fingerprint density at radius 1 is 1.27 bits per heavy atom. The lowest BCUT2D eigenvalue weighted by Crippen LogP contribution is -2.05. The maximum Gasteiger partial charge on any atom is 0.331 e. The minimum absolute atomic E-state index is 0.0270. The van der Waals surface area contributed by atoms with E-state index in [1.54, 1.807) is 0 Å². The molecule has 0 heterocycles. The fraction of sp³-hybridized carbons (Fsp3) is 0.200. The van der Waals surface area contributed by atoms with E-state index in [4.69, 9.17) is 0 Å². The molecule has 15 heavy (non-hydrogen) atoms. The predicted molar refractivity (Wildman–Crippen MR) is 50.3 cm³/mol. The van der Waals surface area contributed by atoms with Crippen molar-refractivity contribution in [1.82, 2.24) is 0 Å². The largest absolute Gasteiger partial charge is 0.331 e. The number of oxime groups is 1. The fourth-order valence-corrected chi connectivity index (χ4v) is 1.02. The van der Waals surface area contributed by atoms with Crippen LogP contribution in [-0.2, 0) is 9.63 Å². The summed E-state index contributed by atoms with van der Waals surface area (Å²) in [6, 6.07) is 3.45. The molecule has 0 aliphatic carbocycles. The molecule has 0 aliphatic rings. The van der Waals surface area contributed by atoms with Gasteiger partial charge in [0.1, 0.15) is 11.6 Å². The summed E-state index contributed by atoms with van der Waals surface area (Å²) in [4.78, 5) is 14.7. The van der Waals surface area contributed by atoms with Gasteiger partial charge in [0.25, 0.3) is 0 Å². The zero-order valence-corrected chi connectivity index (χ0v) is 8.25. The SMILES string of the molecule is CC(=O)O/N=C(\C)c1c(F)cccc1F. The van der Waals surface area contributed by atoms with E-state index in [-0.39, 0.29) is 11.3 Å². The molecule has 0 amide bonds. The van der Waals surface area contributed by atoms with Crippen molar-refractivity contribution >= 4 is 11.7 Å². The lowest BCUT2D eigenvalue weighted by molar-refractivity contribution is -0.140. The second-order valence-electron chi connectivity index (χ2n) is 2.86. The van der Waals surface area contributed by atoms with Crippen LogP contribution in [0.1, 0.15) is 19.4 Å². The molecule has 5 heteroatoms. The van der Waals surface area contributed by atoms with Gasteiger partial charge >= 0.3 is 5.97 Å². The number of nitrogens with zero attached hydrogens (tertiary/aromatic N) is 1. The smallest absolute Gasteiger partial charge is 0.318 e. The Kier molecular flexibility index (Phi) is 3.49. The van der Waals surface area contributed by atoms with Crippen molar-refractivity contribution in [2.75, 3.05) is 0 Å². The topological polar surface area (TPSA) is 38.7 Å². The van der Waals surface area contributed by atoms with Crippen LogP contribution in [0.5, 0.6) is 0 Å². The Labute approximate surface area is 85.3 Å². The zero-order chi connectivity index (χ0) is 11.4. The van der Waals surface area contributed by atoms with Crippen LogP contribution < -0.4 is 0 Å². The summed E-state index contributed by atoms with van der Waals surface area (Å²) in [7, 11) is 0. The van der Waals surface area contributed by atoms with Gasteiger partial charge in [-0.2, -0.15) is 0 Å². The van der Waals surface area contributed by atoms with E-state index in [0.717, 1.165) is 19.1 Å². The first kappa shape index (κ1) is 11.3. The van der Waals surface area contributed by atoms with Gasteiger partial charge in [0.2, 0.25) is 0 Å². The van der Waals surface area contributed by atoms with Crippen LogP contribution in [0.3, 0.4) is 0 Å². The zero-order valence-electron chi connectivity index (χ0n) is 8.25. The van der Waals surface area contributed by atoms with Crippen LogP contribution in [0.15, 0.2) is 23.4 Å². The molecule has 0 aliphatic heterocycles. The van der Waals surface area contributed by atoms with Crippen molar-refractivity contribution < 1.29 is 18.4 Å². The monoisotopic (exact) mass is 213 g/mol. The highest BCUT2D eigenvalue weighted by atomic mass is 19.1. The third kappa shape index (κ3) is 2.83. The van der Waals surface area contributed by atoms with Gasteiger partial charge in [-0.05, 0) is 19.1 Å². The second-order valence-corrected chi connectivity index (χ2v) is 2.86. The van der Waals surface area contributed by atoms with Crippen LogP contribution in [0.2, 0.25) is 0 Å². The minimum atomic E-state index is -0.747. The van der Waals surface area contributed by atoms with Crippen molar-refractivity contribution in [2.24, 2.45) is 5.16 Å². The minimum Gasteiger partial charge on any atom is -0.318 e. The second kappa shape index (κ2) is 4.63. The molecule has 0 bridgehead atoms. The maximum atomic E-state index is 13.2. The van der Waals surface area contributed by atoms with Crippen LogP contribution >= 0.6 is 0 Å². The highest BCUT2D eigenvalue weighted by Gasteiger charge is 2.11. The predicted octanol–water partition coefficient (Wildman–Crippen LogP) is 2.25. The molecule has 0 spiro atoms. The standard InChI is InChI=1S/C10H9F2NO2/c1-6(13-15-7(2)14)10-8(11)4-3-5-9(10)12/h3-5H,1-2H3/b13-6+. The number of halogens is 2. The molecule has 1 rings (SSSR count). The van der Waals surface area contributed by atoms with Gasteiger partial charge in [-0.25, -0.2) is 13.6 Å². The van der Waals surface area contributed by atoms with Gasteiger partial charge in [0, 0.05) is 6.92 Å². The normalized spacial score (nSPS) is 11.3. The molecule has 80 valence electrons. The van der Waals surface area contributed by atoms with E-state index in [1.807, 2.05) is 0 Å². The number of hydrogen-bond acceptors (Lipinski definition) is 3. The summed E-state index contributed by atoms with van der Waals surface area (Å²) in [6.45, 7) is 2.50. The van der Waals surface area contributed by atoms with E-state index in [2.05, 4.69) is 9.99 Å². The Balaban J connectivity index is 3.05. The van der Waals surface area contributed by atoms with E-state index in [9.17, 15) is 13.6 Å². The quantitative estimate of drug-likeness (QED) is 0.429. The van der Waals surface area contributed by atoms with Crippen LogP contribution in [-0.4, -0.2) is 11.7 Å². The molecule has 0 radical (unpaired) electrons. The molecule has 0 atom stereocenters. The first-order valence-corrected chi connectivity index (χ1v) is 4.19. The Bertz CT molecular complexity index is 396. The highest BCUT2D eigenvalue weighted by Crippen LogP contribution is 2.13. The Hall–Kier alpha value is -1.78. The highest BCUT2D eigenvalue weighted by molar-refractivity contribution is 5.99. The molecule has 1 aromatic carbocycles. The number of benzene rings is 1. The molecule has 0 unspecified atom stereocenters. The van der Waals surface area contributed by atoms with Crippen LogP contribution in [0.25, 0.3) is 0 Å². The molecule has 0 N–H and O–H groups in total. The van der Waals surface area contributed by atoms with Gasteiger partial charge in [-0.1, -0.05) is 11.2 Å². The lowest BCUT2D eigenvalue weighted by Gasteiger charge is -2.02. The summed E-state index contributed by atoms with van der Waals surface area (Å²) in [5.74, 6) is -2.14. The van der Waals surface area contributed by atoms with Crippen molar-refractivity contribution in [1.29, 1.82) is 0 Å². The molecule has 0 aromatic heterocycles. The van der Waals surface area contributed by atoms with E-state index in [1.165, 1.54) is 13.0 Å². The third-order valence-electron chi connectivity index (χ3n) is 1.64. The average molecular weight is 213 g/mol. The van der Waals surface area contributed by atoms with Gasteiger partial charge in [-0.15, -0.1) is 0 Å². The third-order valence-corrected chi connectivity index (χ3v) is 1.64. The fourth-order valence-electron chi connectivity index (χ4n) is 1.02. The lowest BCUT2D eigenvalue weighted by atomic mass is 10.1. The molecular weight excluding hydrogens is 204 g/mol. The van der Waals surface area contributed by atoms with Crippen molar-refractivity contribution in [3.63, 3.8) is 0 Å². The first-order valence-electron chi connectivity index (χ1n) is 4.19. The molecule has 0 saturated carbocycles. The summed E-state index contributed by atoms with van der Waals surface area (Å²) in [5, 5.41) is 3.30. The maximum absolute atomic E-state index is 13.2. The average Bonchev–Trinajstić information content (AvgIpc) is 2.14. The molecular formula is C10H9F2NO2. The van der Waals surface area contributed by atoms with Gasteiger partial charge in [0.05, 0.1) is 11.3 Å². The Morgan fingerprint density at radius 3 is 2.27 bits per heavy atom.